The second-order valence-electron chi connectivity index (χ2n) is 6.50. The summed E-state index contributed by atoms with van der Waals surface area (Å²) in [5.74, 6) is 0.400. The van der Waals surface area contributed by atoms with Crippen LogP contribution in [0.5, 0.6) is 0 Å². The maximum Gasteiger partial charge on any atom is 0.234 e. The number of carbonyl (C=O) groups is 1. The highest BCUT2D eigenvalue weighted by Gasteiger charge is 2.29. The molecule has 25 heavy (non-hydrogen) atoms. The molecule has 1 aliphatic rings. The van der Waals surface area contributed by atoms with Gasteiger partial charge in [0.25, 0.3) is 0 Å². The molecule has 0 radical (unpaired) electrons. The van der Waals surface area contributed by atoms with Gasteiger partial charge in [0.15, 0.2) is 0 Å². The molecule has 1 heterocycles. The molecule has 136 valence electrons. The minimum Gasteiger partial charge on any atom is -0.478 e. The van der Waals surface area contributed by atoms with Crippen LogP contribution < -0.4 is 16.1 Å². The van der Waals surface area contributed by atoms with E-state index < -0.39 is 5.92 Å². The zero-order valence-electron chi connectivity index (χ0n) is 15.2. The number of anilines is 1. The van der Waals surface area contributed by atoms with Crippen LogP contribution in [-0.2, 0) is 9.53 Å². The van der Waals surface area contributed by atoms with Gasteiger partial charge in [0.1, 0.15) is 11.8 Å². The Morgan fingerprint density at radius 1 is 1.36 bits per heavy atom. The van der Waals surface area contributed by atoms with E-state index >= 15 is 0 Å². The molecule has 6 heteroatoms. The van der Waals surface area contributed by atoms with Crippen molar-refractivity contribution in [2.75, 3.05) is 18.2 Å². The molecule has 0 aromatic heterocycles. The Morgan fingerprint density at radius 3 is 2.72 bits per heavy atom. The largest absolute Gasteiger partial charge is 0.478 e. The molecule has 1 amide bonds. The Morgan fingerprint density at radius 2 is 2.08 bits per heavy atom. The van der Waals surface area contributed by atoms with E-state index in [1.54, 1.807) is 11.1 Å². The van der Waals surface area contributed by atoms with Crippen LogP contribution in [0.4, 0.5) is 5.69 Å². The predicted octanol–water partition coefficient (Wildman–Crippen LogP) is 2.83. The van der Waals surface area contributed by atoms with Gasteiger partial charge in [-0.15, -0.1) is 0 Å². The van der Waals surface area contributed by atoms with Gasteiger partial charge >= 0.3 is 0 Å². The first-order valence-corrected chi connectivity index (χ1v) is 8.84. The van der Waals surface area contributed by atoms with Crippen LogP contribution in [0.3, 0.4) is 0 Å². The van der Waals surface area contributed by atoms with E-state index in [0.29, 0.717) is 25.0 Å². The number of nitrogens with two attached hydrogens (primary N) is 1. The van der Waals surface area contributed by atoms with Gasteiger partial charge in [0.05, 0.1) is 12.3 Å². The van der Waals surface area contributed by atoms with Crippen molar-refractivity contribution in [2.45, 2.75) is 33.6 Å². The average Bonchev–Trinajstić information content (AvgIpc) is 2.61. The lowest BCUT2D eigenvalue weighted by molar-refractivity contribution is -0.122. The standard InChI is InChI=1S/C19H28N4O2/c1-4-5-11-25-17-12-16(19(24)21-13-14(2)3)18(20)22-23(17)15-9-7-6-8-10-15/h6-10,12,14,16H,4-5,11,13H2,1-3H3,(H2,20,22)(H,21,24). The number of para-hydroxylation sites is 1. The van der Waals surface area contributed by atoms with Crippen LogP contribution in [0.2, 0.25) is 0 Å². The minimum absolute atomic E-state index is 0.153. The van der Waals surface area contributed by atoms with E-state index in [1.807, 2.05) is 44.2 Å². The number of nitrogens with zero attached hydrogens (tertiary/aromatic N) is 2. The SMILES string of the molecule is CCCCOC1=CC(C(=O)NCC(C)C)C(N)=NN1c1ccccc1. The lowest BCUT2D eigenvalue weighted by Crippen LogP contribution is -2.43. The zero-order chi connectivity index (χ0) is 18.2. The predicted molar refractivity (Wildman–Crippen MR) is 101 cm³/mol. The molecule has 6 nitrogen and oxygen atoms in total. The fraction of sp³-hybridized carbons (Fsp3) is 0.474. The molecule has 3 N–H and O–H groups in total. The molecule has 0 fully saturated rings. The van der Waals surface area contributed by atoms with E-state index in [9.17, 15) is 4.79 Å². The van der Waals surface area contributed by atoms with Gasteiger partial charge in [-0.3, -0.25) is 4.79 Å². The van der Waals surface area contributed by atoms with E-state index in [4.69, 9.17) is 10.5 Å². The van der Waals surface area contributed by atoms with Crippen LogP contribution >= 0.6 is 0 Å². The number of rotatable bonds is 8. The Labute approximate surface area is 149 Å². The third kappa shape index (κ3) is 5.24. The van der Waals surface area contributed by atoms with Gasteiger partial charge < -0.3 is 15.8 Å². The van der Waals surface area contributed by atoms with Gasteiger partial charge in [-0.05, 0) is 30.5 Å². The molecule has 1 aromatic rings. The number of ether oxygens (including phenoxy) is 1. The van der Waals surface area contributed by atoms with Crippen molar-refractivity contribution in [3.63, 3.8) is 0 Å². The molecule has 2 rings (SSSR count). The highest BCUT2D eigenvalue weighted by atomic mass is 16.5. The summed E-state index contributed by atoms with van der Waals surface area (Å²) in [6.45, 7) is 7.37. The maximum atomic E-state index is 12.4. The average molecular weight is 344 g/mol. The van der Waals surface area contributed by atoms with E-state index in [-0.39, 0.29) is 11.7 Å². The summed E-state index contributed by atoms with van der Waals surface area (Å²) in [6.07, 6.45) is 3.71. The molecule has 0 bridgehead atoms. The smallest absolute Gasteiger partial charge is 0.234 e. The van der Waals surface area contributed by atoms with E-state index in [1.165, 1.54) is 0 Å². The number of hydrazone groups is 1. The number of nitrogens with one attached hydrogen (secondary N) is 1. The Kier molecular flexibility index (Phi) is 6.86. The highest BCUT2D eigenvalue weighted by Crippen LogP contribution is 2.25. The normalized spacial score (nSPS) is 17.1. The molecule has 1 aliphatic heterocycles. The number of benzene rings is 1. The molecular weight excluding hydrogens is 316 g/mol. The lowest BCUT2D eigenvalue weighted by atomic mass is 10.1. The number of unbranched alkanes of at least 4 members (excludes halogenated alkanes) is 1. The number of hydrogen-bond acceptors (Lipinski definition) is 5. The first kappa shape index (κ1) is 18.8. The van der Waals surface area contributed by atoms with Crippen molar-refractivity contribution >= 4 is 17.4 Å². The first-order valence-electron chi connectivity index (χ1n) is 8.84. The molecule has 1 unspecified atom stereocenters. The minimum atomic E-state index is -0.615. The molecule has 0 spiro atoms. The summed E-state index contributed by atoms with van der Waals surface area (Å²) < 4.78 is 5.89. The first-order chi connectivity index (χ1) is 12.0. The van der Waals surface area contributed by atoms with Crippen LogP contribution in [0, 0.1) is 11.8 Å². The summed E-state index contributed by atoms with van der Waals surface area (Å²) in [5, 5.41) is 8.97. The van der Waals surface area contributed by atoms with E-state index in [2.05, 4.69) is 17.3 Å². The number of carbonyl (C=O) groups excluding carboxylic acids is 1. The van der Waals surface area contributed by atoms with Crippen LogP contribution in [0.1, 0.15) is 33.6 Å². The van der Waals surface area contributed by atoms with Gasteiger partial charge in [-0.25, -0.2) is 0 Å². The maximum absolute atomic E-state index is 12.4. The summed E-state index contributed by atoms with van der Waals surface area (Å²) in [5.41, 5.74) is 6.92. The number of hydrogen-bond donors (Lipinski definition) is 2. The van der Waals surface area contributed by atoms with Crippen molar-refractivity contribution in [1.82, 2.24) is 5.32 Å². The van der Waals surface area contributed by atoms with E-state index in [0.717, 1.165) is 18.5 Å². The third-order valence-electron chi connectivity index (χ3n) is 3.77. The molecule has 1 atom stereocenters. The molecule has 0 aliphatic carbocycles. The summed E-state index contributed by atoms with van der Waals surface area (Å²) in [7, 11) is 0. The summed E-state index contributed by atoms with van der Waals surface area (Å²) in [6, 6.07) is 9.63. The van der Waals surface area contributed by atoms with Gasteiger partial charge in [0.2, 0.25) is 11.8 Å². The number of amides is 1. The Bertz CT molecular complexity index is 626. The second-order valence-corrected chi connectivity index (χ2v) is 6.50. The molecule has 0 saturated carbocycles. The van der Waals surface area contributed by atoms with Crippen molar-refractivity contribution in [2.24, 2.45) is 22.7 Å². The lowest BCUT2D eigenvalue weighted by Gasteiger charge is -2.28. The van der Waals surface area contributed by atoms with Crippen LogP contribution in [0.15, 0.2) is 47.4 Å². The van der Waals surface area contributed by atoms with Gasteiger partial charge in [-0.2, -0.15) is 10.1 Å². The second kappa shape index (κ2) is 9.11. The summed E-state index contributed by atoms with van der Waals surface area (Å²) >= 11 is 0. The topological polar surface area (TPSA) is 79.9 Å². The van der Waals surface area contributed by atoms with Crippen LogP contribution in [-0.4, -0.2) is 24.9 Å². The fourth-order valence-electron chi connectivity index (χ4n) is 2.33. The monoisotopic (exact) mass is 344 g/mol. The molecule has 0 saturated heterocycles. The van der Waals surface area contributed by atoms with Crippen molar-refractivity contribution in [3.05, 3.63) is 42.3 Å². The number of amidine groups is 1. The Balaban J connectivity index is 2.21. The Hall–Kier alpha value is -2.50. The van der Waals surface area contributed by atoms with Crippen molar-refractivity contribution < 1.29 is 9.53 Å². The third-order valence-corrected chi connectivity index (χ3v) is 3.77. The quantitative estimate of drug-likeness (QED) is 0.711. The highest BCUT2D eigenvalue weighted by molar-refractivity contribution is 6.05. The molecule has 1 aromatic carbocycles. The summed E-state index contributed by atoms with van der Waals surface area (Å²) in [4.78, 5) is 12.4. The van der Waals surface area contributed by atoms with Crippen molar-refractivity contribution in [1.29, 1.82) is 0 Å². The zero-order valence-corrected chi connectivity index (χ0v) is 15.2. The molecular formula is C19H28N4O2. The van der Waals surface area contributed by atoms with Crippen molar-refractivity contribution in [3.8, 4) is 0 Å². The van der Waals surface area contributed by atoms with Gasteiger partial charge in [-0.1, -0.05) is 45.4 Å². The van der Waals surface area contributed by atoms with Gasteiger partial charge in [0, 0.05) is 6.54 Å². The van der Waals surface area contributed by atoms with Crippen LogP contribution in [0.25, 0.3) is 0 Å². The fourth-order valence-corrected chi connectivity index (χ4v) is 2.33.